The van der Waals surface area contributed by atoms with Crippen LogP contribution in [0, 0.1) is 0 Å². The summed E-state index contributed by atoms with van der Waals surface area (Å²) in [7, 11) is 0. The van der Waals surface area contributed by atoms with Gasteiger partial charge in [0.1, 0.15) is 29.9 Å². The van der Waals surface area contributed by atoms with Crippen LogP contribution in [0.4, 0.5) is 0 Å². The van der Waals surface area contributed by atoms with E-state index in [0.717, 1.165) is 36.6 Å². The van der Waals surface area contributed by atoms with Crippen LogP contribution < -0.4 is 9.47 Å². The Morgan fingerprint density at radius 3 is 2.52 bits per heavy atom. The molecule has 5 nitrogen and oxygen atoms in total. The van der Waals surface area contributed by atoms with Crippen LogP contribution in [-0.2, 0) is 6.54 Å². The number of rotatable bonds is 8. The molecule has 0 radical (unpaired) electrons. The van der Waals surface area contributed by atoms with E-state index in [1.165, 1.54) is 0 Å². The van der Waals surface area contributed by atoms with Crippen LogP contribution >= 0.6 is 0 Å². The van der Waals surface area contributed by atoms with Gasteiger partial charge in [-0.1, -0.05) is 24.3 Å². The molecule has 0 atom stereocenters. The van der Waals surface area contributed by atoms with E-state index in [1.807, 2.05) is 59.3 Å². The van der Waals surface area contributed by atoms with E-state index in [1.54, 1.807) is 12.7 Å². The Morgan fingerprint density at radius 2 is 1.70 bits per heavy atom. The molecular weight excluding hydrogens is 290 g/mol. The van der Waals surface area contributed by atoms with E-state index in [0.29, 0.717) is 6.61 Å². The zero-order valence-electron chi connectivity index (χ0n) is 12.8. The Bertz CT molecular complexity index is 699. The molecule has 0 saturated carbocycles. The molecule has 0 N–H and O–H groups in total. The molecule has 1 aromatic heterocycles. The molecule has 0 aliphatic carbocycles. The lowest BCUT2D eigenvalue weighted by Gasteiger charge is -2.09. The summed E-state index contributed by atoms with van der Waals surface area (Å²) < 4.78 is 13.4. The molecule has 118 valence electrons. The molecule has 0 saturated heterocycles. The fraction of sp³-hybridized carbons (Fsp3) is 0.222. The van der Waals surface area contributed by atoms with Gasteiger partial charge in [-0.3, -0.25) is 4.68 Å². The average Bonchev–Trinajstić information content (AvgIpc) is 3.09. The summed E-state index contributed by atoms with van der Waals surface area (Å²) >= 11 is 0. The third-order valence-electron chi connectivity index (χ3n) is 3.30. The maximum absolute atomic E-state index is 5.80. The van der Waals surface area contributed by atoms with Gasteiger partial charge in [-0.05, 0) is 37.1 Å². The Balaban J connectivity index is 1.44. The molecule has 3 rings (SSSR count). The number of hydrogen-bond acceptors (Lipinski definition) is 4. The van der Waals surface area contributed by atoms with Crippen molar-refractivity contribution in [1.82, 2.24) is 14.8 Å². The molecule has 5 heteroatoms. The smallest absolute Gasteiger partial charge is 0.137 e. The molecule has 3 aromatic rings. The van der Waals surface area contributed by atoms with Crippen molar-refractivity contribution in [3.8, 4) is 17.2 Å². The first-order valence-electron chi connectivity index (χ1n) is 7.68. The number of nitrogens with zero attached hydrogens (tertiary/aromatic N) is 3. The summed E-state index contributed by atoms with van der Waals surface area (Å²) in [5.74, 6) is 2.41. The quantitative estimate of drug-likeness (QED) is 0.592. The summed E-state index contributed by atoms with van der Waals surface area (Å²) in [6.45, 7) is 1.53. The lowest BCUT2D eigenvalue weighted by molar-refractivity contribution is 0.300. The molecule has 0 unspecified atom stereocenters. The number of aryl methyl sites for hydroxylation is 1. The van der Waals surface area contributed by atoms with Crippen LogP contribution in [0.3, 0.4) is 0 Å². The van der Waals surface area contributed by atoms with Crippen molar-refractivity contribution in [3.63, 3.8) is 0 Å². The van der Waals surface area contributed by atoms with Gasteiger partial charge in [0.15, 0.2) is 0 Å². The van der Waals surface area contributed by atoms with Gasteiger partial charge in [-0.15, -0.1) is 0 Å². The Kier molecular flexibility index (Phi) is 5.24. The first kappa shape index (κ1) is 15.1. The van der Waals surface area contributed by atoms with E-state index in [2.05, 4.69) is 10.1 Å². The molecule has 0 aliphatic rings. The molecule has 23 heavy (non-hydrogen) atoms. The molecule has 0 spiro atoms. The van der Waals surface area contributed by atoms with Crippen molar-refractivity contribution in [2.45, 2.75) is 19.4 Å². The van der Waals surface area contributed by atoms with Gasteiger partial charge in [-0.2, -0.15) is 5.10 Å². The van der Waals surface area contributed by atoms with Crippen molar-refractivity contribution in [3.05, 3.63) is 67.3 Å². The average molecular weight is 309 g/mol. The highest BCUT2D eigenvalue weighted by Gasteiger charge is 2.00. The van der Waals surface area contributed by atoms with Crippen molar-refractivity contribution in [2.75, 3.05) is 6.61 Å². The summed E-state index contributed by atoms with van der Waals surface area (Å²) in [5.41, 5.74) is 0. The number of ether oxygens (including phenoxy) is 2. The Labute approximate surface area is 135 Å². The number of para-hydroxylation sites is 1. The van der Waals surface area contributed by atoms with Crippen molar-refractivity contribution in [1.29, 1.82) is 0 Å². The van der Waals surface area contributed by atoms with Gasteiger partial charge in [0.25, 0.3) is 0 Å². The molecule has 1 heterocycles. The number of benzene rings is 2. The molecule has 0 amide bonds. The predicted molar refractivity (Wildman–Crippen MR) is 87.7 cm³/mol. The highest BCUT2D eigenvalue weighted by atomic mass is 16.5. The van der Waals surface area contributed by atoms with Crippen molar-refractivity contribution >= 4 is 0 Å². The fourth-order valence-corrected chi connectivity index (χ4v) is 2.17. The number of unbranched alkanes of at least 4 members (excludes halogenated alkanes) is 1. The normalized spacial score (nSPS) is 10.4. The monoisotopic (exact) mass is 309 g/mol. The summed E-state index contributed by atoms with van der Waals surface area (Å²) in [4.78, 5) is 3.92. The Hall–Kier alpha value is -2.82. The SMILES string of the molecule is c1ccc(Oc2cccc(OCCCCn3cncn3)c2)cc1. The van der Waals surface area contributed by atoms with Gasteiger partial charge >= 0.3 is 0 Å². The standard InChI is InChI=1S/C18H19N3O2/c1-2-7-16(8-3-1)23-18-10-6-9-17(13-18)22-12-5-4-11-21-15-19-14-20-21/h1-3,6-10,13-15H,4-5,11-12H2. The summed E-state index contributed by atoms with van der Waals surface area (Å²) in [6.07, 6.45) is 5.24. The molecule has 2 aromatic carbocycles. The van der Waals surface area contributed by atoms with Crippen molar-refractivity contribution in [2.24, 2.45) is 0 Å². The van der Waals surface area contributed by atoms with E-state index < -0.39 is 0 Å². The molecule has 0 bridgehead atoms. The molecule has 0 fully saturated rings. The van der Waals surface area contributed by atoms with Crippen LogP contribution in [0.1, 0.15) is 12.8 Å². The minimum Gasteiger partial charge on any atom is -0.493 e. The molecular formula is C18H19N3O2. The zero-order valence-corrected chi connectivity index (χ0v) is 12.8. The predicted octanol–water partition coefficient (Wildman–Crippen LogP) is 3.93. The van der Waals surface area contributed by atoms with E-state index >= 15 is 0 Å². The highest BCUT2D eigenvalue weighted by Crippen LogP contribution is 2.25. The lowest BCUT2D eigenvalue weighted by Crippen LogP contribution is -2.02. The minimum absolute atomic E-state index is 0.670. The number of hydrogen-bond donors (Lipinski definition) is 0. The van der Waals surface area contributed by atoms with Crippen molar-refractivity contribution < 1.29 is 9.47 Å². The summed E-state index contributed by atoms with van der Waals surface area (Å²) in [5, 5.41) is 4.07. The van der Waals surface area contributed by atoms with Gasteiger partial charge in [0, 0.05) is 12.6 Å². The first-order chi connectivity index (χ1) is 11.4. The zero-order chi connectivity index (χ0) is 15.7. The maximum Gasteiger partial charge on any atom is 0.137 e. The second-order valence-electron chi connectivity index (χ2n) is 5.10. The van der Waals surface area contributed by atoms with Gasteiger partial charge < -0.3 is 9.47 Å². The van der Waals surface area contributed by atoms with Crippen LogP contribution in [0.5, 0.6) is 17.2 Å². The van der Waals surface area contributed by atoms with Crippen LogP contribution in [0.15, 0.2) is 67.3 Å². The lowest BCUT2D eigenvalue weighted by atomic mass is 10.3. The van der Waals surface area contributed by atoms with E-state index in [-0.39, 0.29) is 0 Å². The number of aromatic nitrogens is 3. The van der Waals surface area contributed by atoms with Crippen LogP contribution in [0.2, 0.25) is 0 Å². The second-order valence-corrected chi connectivity index (χ2v) is 5.10. The second kappa shape index (κ2) is 7.98. The van der Waals surface area contributed by atoms with E-state index in [9.17, 15) is 0 Å². The maximum atomic E-state index is 5.80. The Morgan fingerprint density at radius 1 is 0.870 bits per heavy atom. The van der Waals surface area contributed by atoms with Crippen LogP contribution in [0.25, 0.3) is 0 Å². The topological polar surface area (TPSA) is 49.2 Å². The first-order valence-corrected chi connectivity index (χ1v) is 7.68. The fourth-order valence-electron chi connectivity index (χ4n) is 2.17. The van der Waals surface area contributed by atoms with E-state index in [4.69, 9.17) is 9.47 Å². The third kappa shape index (κ3) is 4.85. The largest absolute Gasteiger partial charge is 0.493 e. The molecule has 0 aliphatic heterocycles. The van der Waals surface area contributed by atoms with Gasteiger partial charge in [0.2, 0.25) is 0 Å². The minimum atomic E-state index is 0.670. The highest BCUT2D eigenvalue weighted by molar-refractivity contribution is 5.36. The third-order valence-corrected chi connectivity index (χ3v) is 3.30. The van der Waals surface area contributed by atoms with Crippen LogP contribution in [-0.4, -0.2) is 21.4 Å². The van der Waals surface area contributed by atoms with Gasteiger partial charge in [0.05, 0.1) is 6.61 Å². The summed E-state index contributed by atoms with van der Waals surface area (Å²) in [6, 6.07) is 17.4. The van der Waals surface area contributed by atoms with Gasteiger partial charge in [-0.25, -0.2) is 4.98 Å².